The Kier molecular flexibility index (Phi) is 7.09. The number of esters is 1. The molecule has 0 spiro atoms. The molecule has 2 atom stereocenters. The van der Waals surface area contributed by atoms with Gasteiger partial charge in [-0.1, -0.05) is 61.5 Å². The smallest absolute Gasteiger partial charge is 0.336 e. The first-order chi connectivity index (χ1) is 16.0. The molecule has 5 heteroatoms. The van der Waals surface area contributed by atoms with Crippen LogP contribution in [0.3, 0.4) is 0 Å². The van der Waals surface area contributed by atoms with Crippen molar-refractivity contribution in [2.45, 2.75) is 44.9 Å². The minimum atomic E-state index is -0.438. The summed E-state index contributed by atoms with van der Waals surface area (Å²) in [5, 5.41) is 3.40. The normalized spacial score (nSPS) is 20.4. The summed E-state index contributed by atoms with van der Waals surface area (Å²) < 4.78 is 10.5. The number of allylic oxidation sites excluding steroid dienone is 3. The van der Waals surface area contributed by atoms with Crippen LogP contribution in [0.4, 0.5) is 0 Å². The number of hydrogen-bond acceptors (Lipinski definition) is 5. The molecule has 2 aliphatic rings. The Balaban J connectivity index is 1.74. The number of dihydropyridines is 1. The highest BCUT2D eigenvalue weighted by atomic mass is 16.6. The van der Waals surface area contributed by atoms with E-state index in [1.807, 2.05) is 37.3 Å². The third kappa shape index (κ3) is 4.79. The standard InChI is InChI=1S/C28H31NO4/c1-4-19-10-12-21(13-11-19)26-25(28(31)33-15-14-32-3)18(2)29-23-16-22(17-24(30)27(23)26)20-8-6-5-7-9-20/h5-13,22,26,29H,4,14-17H2,1-3H3/t22-,26+/m0/s1. The predicted octanol–water partition coefficient (Wildman–Crippen LogP) is 4.80. The highest BCUT2D eigenvalue weighted by Crippen LogP contribution is 2.45. The van der Waals surface area contributed by atoms with Gasteiger partial charge < -0.3 is 14.8 Å². The Morgan fingerprint density at radius 1 is 1.00 bits per heavy atom. The minimum Gasteiger partial charge on any atom is -0.460 e. The van der Waals surface area contributed by atoms with Crippen LogP contribution in [-0.2, 0) is 25.5 Å². The predicted molar refractivity (Wildman–Crippen MR) is 128 cm³/mol. The average Bonchev–Trinajstić information content (AvgIpc) is 2.83. The number of ketones is 1. The summed E-state index contributed by atoms with van der Waals surface area (Å²) in [4.78, 5) is 26.7. The molecular formula is C28H31NO4. The van der Waals surface area contributed by atoms with Crippen molar-refractivity contribution in [2.75, 3.05) is 20.3 Å². The Bertz CT molecular complexity index is 1080. The van der Waals surface area contributed by atoms with Crippen LogP contribution in [0.5, 0.6) is 0 Å². The molecule has 1 heterocycles. The fraction of sp³-hybridized carbons (Fsp3) is 0.357. The van der Waals surface area contributed by atoms with Crippen LogP contribution < -0.4 is 5.32 Å². The molecule has 2 aromatic carbocycles. The van der Waals surface area contributed by atoms with Crippen LogP contribution in [0.25, 0.3) is 0 Å². The fourth-order valence-corrected chi connectivity index (χ4v) is 4.85. The van der Waals surface area contributed by atoms with E-state index in [2.05, 4.69) is 36.5 Å². The molecule has 1 N–H and O–H groups in total. The lowest BCUT2D eigenvalue weighted by Gasteiger charge is -2.36. The van der Waals surface area contributed by atoms with Crippen molar-refractivity contribution in [1.82, 2.24) is 5.32 Å². The van der Waals surface area contributed by atoms with Gasteiger partial charge >= 0.3 is 5.97 Å². The third-order valence-corrected chi connectivity index (χ3v) is 6.56. The summed E-state index contributed by atoms with van der Waals surface area (Å²) in [6.45, 7) is 4.49. The van der Waals surface area contributed by atoms with Gasteiger partial charge in [-0.2, -0.15) is 0 Å². The Labute approximate surface area is 195 Å². The molecule has 33 heavy (non-hydrogen) atoms. The maximum Gasteiger partial charge on any atom is 0.336 e. The monoisotopic (exact) mass is 445 g/mol. The zero-order chi connectivity index (χ0) is 23.4. The number of carbonyl (C=O) groups is 2. The molecule has 0 radical (unpaired) electrons. The van der Waals surface area contributed by atoms with Gasteiger partial charge in [-0.05, 0) is 42.4 Å². The van der Waals surface area contributed by atoms with E-state index in [1.54, 1.807) is 7.11 Å². The molecule has 1 aliphatic heterocycles. The van der Waals surface area contributed by atoms with E-state index in [1.165, 1.54) is 5.56 Å². The van der Waals surface area contributed by atoms with E-state index in [9.17, 15) is 9.59 Å². The van der Waals surface area contributed by atoms with Crippen molar-refractivity contribution in [1.29, 1.82) is 0 Å². The largest absolute Gasteiger partial charge is 0.460 e. The van der Waals surface area contributed by atoms with Crippen LogP contribution in [0.2, 0.25) is 0 Å². The SMILES string of the molecule is CCc1ccc([C@@H]2C(C(=O)OCCOC)=C(C)NC3=C2C(=O)C[C@@H](c2ccccc2)C3)cc1. The number of carbonyl (C=O) groups excluding carboxylic acids is 2. The molecule has 0 aromatic heterocycles. The van der Waals surface area contributed by atoms with Gasteiger partial charge in [-0.25, -0.2) is 4.79 Å². The Morgan fingerprint density at radius 3 is 2.39 bits per heavy atom. The topological polar surface area (TPSA) is 64.6 Å². The minimum absolute atomic E-state index is 0.0804. The van der Waals surface area contributed by atoms with Crippen LogP contribution in [0.1, 0.15) is 55.2 Å². The zero-order valence-corrected chi connectivity index (χ0v) is 19.5. The fourth-order valence-electron chi connectivity index (χ4n) is 4.85. The summed E-state index contributed by atoms with van der Waals surface area (Å²) in [6, 6.07) is 18.4. The van der Waals surface area contributed by atoms with E-state index < -0.39 is 11.9 Å². The number of rotatable bonds is 7. The Morgan fingerprint density at radius 2 is 1.73 bits per heavy atom. The number of ether oxygens (including phenoxy) is 2. The molecule has 0 amide bonds. The second-order valence-electron chi connectivity index (χ2n) is 8.65. The average molecular weight is 446 g/mol. The number of hydrogen-bond donors (Lipinski definition) is 1. The first kappa shape index (κ1) is 23.0. The highest BCUT2D eigenvalue weighted by molar-refractivity contribution is 6.04. The van der Waals surface area contributed by atoms with Gasteiger partial charge in [0.25, 0.3) is 0 Å². The molecule has 0 saturated carbocycles. The molecule has 5 nitrogen and oxygen atoms in total. The van der Waals surface area contributed by atoms with Crippen LogP contribution in [0, 0.1) is 0 Å². The van der Waals surface area contributed by atoms with Crippen LogP contribution in [0.15, 0.2) is 77.1 Å². The van der Waals surface area contributed by atoms with Crippen molar-refractivity contribution in [2.24, 2.45) is 0 Å². The van der Waals surface area contributed by atoms with E-state index >= 15 is 0 Å². The molecule has 0 unspecified atom stereocenters. The molecule has 1 aliphatic carbocycles. The second-order valence-corrected chi connectivity index (χ2v) is 8.65. The zero-order valence-electron chi connectivity index (χ0n) is 19.5. The van der Waals surface area contributed by atoms with E-state index in [-0.39, 0.29) is 18.3 Å². The van der Waals surface area contributed by atoms with Gasteiger partial charge in [0, 0.05) is 36.4 Å². The highest BCUT2D eigenvalue weighted by Gasteiger charge is 2.41. The van der Waals surface area contributed by atoms with Crippen molar-refractivity contribution >= 4 is 11.8 Å². The van der Waals surface area contributed by atoms with Gasteiger partial charge in [0.05, 0.1) is 12.2 Å². The number of nitrogens with one attached hydrogen (secondary N) is 1. The maximum absolute atomic E-state index is 13.6. The van der Waals surface area contributed by atoms with Gasteiger partial charge in [-0.15, -0.1) is 0 Å². The second kappa shape index (κ2) is 10.2. The lowest BCUT2D eigenvalue weighted by atomic mass is 9.71. The number of methoxy groups -OCH3 is 1. The van der Waals surface area contributed by atoms with Crippen LogP contribution in [-0.4, -0.2) is 32.1 Å². The number of benzene rings is 2. The van der Waals surface area contributed by atoms with Crippen molar-refractivity contribution < 1.29 is 19.1 Å². The molecule has 4 rings (SSSR count). The van der Waals surface area contributed by atoms with Crippen LogP contribution >= 0.6 is 0 Å². The van der Waals surface area contributed by atoms with Gasteiger partial charge in [0.1, 0.15) is 6.61 Å². The molecular weight excluding hydrogens is 414 g/mol. The summed E-state index contributed by atoms with van der Waals surface area (Å²) in [5.41, 5.74) is 6.15. The quantitative estimate of drug-likeness (QED) is 0.490. The number of aryl methyl sites for hydroxylation is 1. The lowest BCUT2D eigenvalue weighted by molar-refractivity contribution is -0.140. The molecule has 0 fully saturated rings. The van der Waals surface area contributed by atoms with Crippen molar-refractivity contribution in [3.05, 3.63) is 93.8 Å². The first-order valence-corrected chi connectivity index (χ1v) is 11.6. The summed E-state index contributed by atoms with van der Waals surface area (Å²) >= 11 is 0. The summed E-state index contributed by atoms with van der Waals surface area (Å²) in [5.74, 6) is -0.648. The van der Waals surface area contributed by atoms with Crippen molar-refractivity contribution in [3.8, 4) is 0 Å². The van der Waals surface area contributed by atoms with E-state index in [4.69, 9.17) is 9.47 Å². The molecule has 0 bridgehead atoms. The third-order valence-electron chi connectivity index (χ3n) is 6.56. The summed E-state index contributed by atoms with van der Waals surface area (Å²) in [6.07, 6.45) is 2.09. The maximum atomic E-state index is 13.6. The molecule has 172 valence electrons. The van der Waals surface area contributed by atoms with E-state index in [0.717, 1.165) is 35.4 Å². The Hall–Kier alpha value is -3.18. The molecule has 0 saturated heterocycles. The summed E-state index contributed by atoms with van der Waals surface area (Å²) in [7, 11) is 1.57. The number of Topliss-reactive ketones (excluding diaryl/α,β-unsaturated/α-hetero) is 1. The van der Waals surface area contributed by atoms with Gasteiger partial charge in [0.2, 0.25) is 0 Å². The van der Waals surface area contributed by atoms with Gasteiger partial charge in [-0.3, -0.25) is 4.79 Å². The molecule has 2 aromatic rings. The lowest BCUT2D eigenvalue weighted by Crippen LogP contribution is -2.36. The van der Waals surface area contributed by atoms with E-state index in [0.29, 0.717) is 24.2 Å². The van der Waals surface area contributed by atoms with Gasteiger partial charge in [0.15, 0.2) is 5.78 Å². The van der Waals surface area contributed by atoms with Crippen molar-refractivity contribution in [3.63, 3.8) is 0 Å². The first-order valence-electron chi connectivity index (χ1n) is 11.6.